The molecule has 2 N–H and O–H groups in total. The quantitative estimate of drug-likeness (QED) is 0.467. The summed E-state index contributed by atoms with van der Waals surface area (Å²) in [5.74, 6) is -1.38. The molecule has 0 fully saturated rings. The highest BCUT2D eigenvalue weighted by Gasteiger charge is 2.21. The Labute approximate surface area is 169 Å². The maximum absolute atomic E-state index is 12.4. The van der Waals surface area contributed by atoms with Gasteiger partial charge in [0.1, 0.15) is 11.1 Å². The number of para-hydroxylation sites is 2. The minimum absolute atomic E-state index is 0.114. The van der Waals surface area contributed by atoms with Gasteiger partial charge < -0.3 is 10.6 Å². The second-order valence-corrected chi connectivity index (χ2v) is 6.04. The first-order valence-electron chi connectivity index (χ1n) is 8.56. The lowest BCUT2D eigenvalue weighted by Crippen LogP contribution is -2.15. The van der Waals surface area contributed by atoms with E-state index in [1.807, 2.05) is 0 Å². The first-order valence-corrected chi connectivity index (χ1v) is 8.56. The van der Waals surface area contributed by atoms with E-state index in [1.54, 1.807) is 6.07 Å². The molecule has 10 heteroatoms. The summed E-state index contributed by atoms with van der Waals surface area (Å²) < 4.78 is 0. The molecular formula is C20H14N4O6. The number of nitrogens with zero attached hydrogens (tertiary/aromatic N) is 2. The number of hydrogen-bond acceptors (Lipinski definition) is 6. The van der Waals surface area contributed by atoms with Crippen LogP contribution >= 0.6 is 0 Å². The molecule has 0 spiro atoms. The molecule has 0 aliphatic carbocycles. The molecule has 0 bridgehead atoms. The van der Waals surface area contributed by atoms with Crippen LogP contribution in [0.3, 0.4) is 0 Å². The maximum Gasteiger partial charge on any atom is 0.282 e. The molecule has 0 saturated carbocycles. The number of anilines is 2. The first kappa shape index (κ1) is 20.1. The number of nitrogens with one attached hydrogen (secondary N) is 2. The van der Waals surface area contributed by atoms with Gasteiger partial charge in [0.2, 0.25) is 0 Å². The van der Waals surface area contributed by atoms with Crippen molar-refractivity contribution in [1.82, 2.24) is 0 Å². The Morgan fingerprint density at radius 3 is 1.43 bits per heavy atom. The number of rotatable bonds is 6. The molecule has 2 amide bonds. The van der Waals surface area contributed by atoms with Gasteiger partial charge in [0.25, 0.3) is 23.2 Å². The van der Waals surface area contributed by atoms with Crippen molar-refractivity contribution in [1.29, 1.82) is 0 Å². The fourth-order valence-corrected chi connectivity index (χ4v) is 2.72. The highest BCUT2D eigenvalue weighted by molar-refractivity contribution is 6.09. The van der Waals surface area contributed by atoms with E-state index < -0.39 is 21.7 Å². The topological polar surface area (TPSA) is 144 Å². The molecule has 0 radical (unpaired) electrons. The van der Waals surface area contributed by atoms with Gasteiger partial charge in [-0.3, -0.25) is 29.8 Å². The van der Waals surface area contributed by atoms with Crippen molar-refractivity contribution in [3.8, 4) is 0 Å². The summed E-state index contributed by atoms with van der Waals surface area (Å²) in [7, 11) is 0. The fraction of sp³-hybridized carbons (Fsp3) is 0. The number of amides is 2. The van der Waals surface area contributed by atoms with Crippen molar-refractivity contribution in [3.05, 3.63) is 104 Å². The average Bonchev–Trinajstić information content (AvgIpc) is 2.73. The molecule has 0 aliphatic heterocycles. The predicted octanol–water partition coefficient (Wildman–Crippen LogP) is 4.01. The van der Waals surface area contributed by atoms with Crippen LogP contribution in [-0.4, -0.2) is 21.7 Å². The van der Waals surface area contributed by atoms with Crippen LogP contribution in [0.2, 0.25) is 0 Å². The van der Waals surface area contributed by atoms with Gasteiger partial charge in [-0.2, -0.15) is 0 Å². The number of nitro benzene ring substituents is 2. The van der Waals surface area contributed by atoms with E-state index in [0.29, 0.717) is 0 Å². The monoisotopic (exact) mass is 406 g/mol. The van der Waals surface area contributed by atoms with Crippen LogP contribution in [0.4, 0.5) is 22.7 Å². The summed E-state index contributed by atoms with van der Waals surface area (Å²) >= 11 is 0. The van der Waals surface area contributed by atoms with E-state index in [9.17, 15) is 29.8 Å². The van der Waals surface area contributed by atoms with Gasteiger partial charge in [0.15, 0.2) is 0 Å². The number of nitro groups is 2. The van der Waals surface area contributed by atoms with Gasteiger partial charge >= 0.3 is 0 Å². The summed E-state index contributed by atoms with van der Waals surface area (Å²) in [5.41, 5.74) is -0.350. The van der Waals surface area contributed by atoms with Crippen molar-refractivity contribution >= 4 is 34.6 Å². The number of benzene rings is 3. The van der Waals surface area contributed by atoms with Crippen molar-refractivity contribution in [2.45, 2.75) is 0 Å². The van der Waals surface area contributed by atoms with Crippen LogP contribution in [0.5, 0.6) is 0 Å². The largest absolute Gasteiger partial charge is 0.322 e. The minimum atomic E-state index is -0.690. The Kier molecular flexibility index (Phi) is 5.78. The van der Waals surface area contributed by atoms with Gasteiger partial charge in [-0.15, -0.1) is 0 Å². The SMILES string of the molecule is O=C(Nc1cccc(NC(=O)c2ccccc2[N+](=O)[O-])c1)c1ccccc1[N+](=O)[O-]. The normalized spacial score (nSPS) is 10.1. The van der Waals surface area contributed by atoms with E-state index in [-0.39, 0.29) is 33.9 Å². The fourth-order valence-electron chi connectivity index (χ4n) is 2.72. The summed E-state index contributed by atoms with van der Waals surface area (Å²) in [6, 6.07) is 17.1. The molecule has 3 aromatic rings. The summed E-state index contributed by atoms with van der Waals surface area (Å²) in [5, 5.41) is 27.3. The molecule has 0 atom stereocenters. The molecule has 3 aromatic carbocycles. The van der Waals surface area contributed by atoms with E-state index in [4.69, 9.17) is 0 Å². The van der Waals surface area contributed by atoms with Crippen LogP contribution in [-0.2, 0) is 0 Å². The van der Waals surface area contributed by atoms with Crippen LogP contribution in [0, 0.1) is 20.2 Å². The number of hydrogen-bond donors (Lipinski definition) is 2. The third-order valence-electron chi connectivity index (χ3n) is 4.07. The van der Waals surface area contributed by atoms with E-state index in [1.165, 1.54) is 66.7 Å². The van der Waals surface area contributed by atoms with Gasteiger partial charge in [-0.25, -0.2) is 0 Å². The third kappa shape index (κ3) is 4.44. The Hall–Kier alpha value is -4.60. The Morgan fingerprint density at radius 2 is 1.03 bits per heavy atom. The van der Waals surface area contributed by atoms with E-state index in [0.717, 1.165) is 0 Å². The van der Waals surface area contributed by atoms with Crippen LogP contribution in [0.25, 0.3) is 0 Å². The van der Waals surface area contributed by atoms with Crippen molar-refractivity contribution in [2.75, 3.05) is 10.6 Å². The minimum Gasteiger partial charge on any atom is -0.322 e. The molecular weight excluding hydrogens is 392 g/mol. The molecule has 10 nitrogen and oxygen atoms in total. The van der Waals surface area contributed by atoms with Gasteiger partial charge in [-0.1, -0.05) is 30.3 Å². The maximum atomic E-state index is 12.4. The third-order valence-corrected chi connectivity index (χ3v) is 4.07. The average molecular weight is 406 g/mol. The van der Waals surface area contributed by atoms with Crippen LogP contribution in [0.1, 0.15) is 20.7 Å². The zero-order valence-corrected chi connectivity index (χ0v) is 15.3. The number of carbonyl (C=O) groups excluding carboxylic acids is 2. The zero-order chi connectivity index (χ0) is 21.7. The highest BCUT2D eigenvalue weighted by Crippen LogP contribution is 2.23. The van der Waals surface area contributed by atoms with Crippen LogP contribution in [0.15, 0.2) is 72.8 Å². The summed E-state index contributed by atoms with van der Waals surface area (Å²) in [6.07, 6.45) is 0. The summed E-state index contributed by atoms with van der Waals surface area (Å²) in [4.78, 5) is 45.8. The second kappa shape index (κ2) is 8.61. The lowest BCUT2D eigenvalue weighted by Gasteiger charge is -2.09. The van der Waals surface area contributed by atoms with Crippen molar-refractivity contribution in [2.24, 2.45) is 0 Å². The van der Waals surface area contributed by atoms with Gasteiger partial charge in [-0.05, 0) is 30.3 Å². The zero-order valence-electron chi connectivity index (χ0n) is 15.3. The predicted molar refractivity (Wildman–Crippen MR) is 109 cm³/mol. The molecule has 150 valence electrons. The molecule has 0 aromatic heterocycles. The second-order valence-electron chi connectivity index (χ2n) is 6.04. The number of carbonyl (C=O) groups is 2. The van der Waals surface area contributed by atoms with Gasteiger partial charge in [0.05, 0.1) is 9.85 Å². The van der Waals surface area contributed by atoms with Crippen molar-refractivity contribution < 1.29 is 19.4 Å². The molecule has 3 rings (SSSR count). The Morgan fingerprint density at radius 1 is 0.633 bits per heavy atom. The van der Waals surface area contributed by atoms with E-state index in [2.05, 4.69) is 10.6 Å². The standard InChI is InChI=1S/C20H14N4O6/c25-19(15-8-1-3-10-17(15)23(27)28)21-13-6-5-7-14(12-13)22-20(26)16-9-2-4-11-18(16)24(29)30/h1-12H,(H,21,25)(H,22,26). The van der Waals surface area contributed by atoms with Gasteiger partial charge in [0, 0.05) is 23.5 Å². The van der Waals surface area contributed by atoms with Crippen molar-refractivity contribution in [3.63, 3.8) is 0 Å². The smallest absolute Gasteiger partial charge is 0.282 e. The molecule has 0 heterocycles. The molecule has 0 aliphatic rings. The summed E-state index contributed by atoms with van der Waals surface area (Å²) in [6.45, 7) is 0. The Bertz CT molecular complexity index is 1070. The lowest BCUT2D eigenvalue weighted by molar-refractivity contribution is -0.385. The first-order chi connectivity index (χ1) is 14.4. The van der Waals surface area contributed by atoms with E-state index >= 15 is 0 Å². The molecule has 0 saturated heterocycles. The lowest BCUT2D eigenvalue weighted by atomic mass is 10.1. The molecule has 30 heavy (non-hydrogen) atoms. The Balaban J connectivity index is 1.79. The molecule has 0 unspecified atom stereocenters. The van der Waals surface area contributed by atoms with Crippen LogP contribution < -0.4 is 10.6 Å². The highest BCUT2D eigenvalue weighted by atomic mass is 16.6.